The summed E-state index contributed by atoms with van der Waals surface area (Å²) in [6, 6.07) is 8.68. The molecule has 112 valence electrons. The van der Waals surface area contributed by atoms with Gasteiger partial charge in [-0.3, -0.25) is 9.69 Å². The van der Waals surface area contributed by atoms with Crippen LogP contribution in [0.25, 0.3) is 10.9 Å². The number of carbonyl (C=O) groups is 1. The summed E-state index contributed by atoms with van der Waals surface area (Å²) in [7, 11) is 0. The van der Waals surface area contributed by atoms with Crippen molar-refractivity contribution in [1.82, 2.24) is 9.88 Å². The SMILES string of the molecule is Cc1[nH]c2ccccc2c1CN1CCC(C(=O)O)CC1C. The Bertz CT molecular complexity index is 662. The molecule has 1 aliphatic rings. The van der Waals surface area contributed by atoms with Gasteiger partial charge in [0.25, 0.3) is 0 Å². The monoisotopic (exact) mass is 286 g/mol. The largest absolute Gasteiger partial charge is 0.481 e. The number of H-pyrrole nitrogens is 1. The van der Waals surface area contributed by atoms with Crippen molar-refractivity contribution in [3.63, 3.8) is 0 Å². The highest BCUT2D eigenvalue weighted by molar-refractivity contribution is 5.84. The van der Waals surface area contributed by atoms with Crippen molar-refractivity contribution in [2.75, 3.05) is 6.54 Å². The summed E-state index contributed by atoms with van der Waals surface area (Å²) >= 11 is 0. The van der Waals surface area contributed by atoms with Gasteiger partial charge in [0.15, 0.2) is 0 Å². The van der Waals surface area contributed by atoms with Gasteiger partial charge in [-0.15, -0.1) is 0 Å². The predicted octanol–water partition coefficient (Wildman–Crippen LogP) is 3.16. The molecule has 2 N–H and O–H groups in total. The minimum Gasteiger partial charge on any atom is -0.481 e. The fourth-order valence-electron chi connectivity index (χ4n) is 3.42. The molecule has 2 heterocycles. The molecule has 4 nitrogen and oxygen atoms in total. The van der Waals surface area contributed by atoms with E-state index in [2.05, 4.69) is 41.9 Å². The summed E-state index contributed by atoms with van der Waals surface area (Å²) in [6.45, 7) is 6.00. The second kappa shape index (κ2) is 5.53. The van der Waals surface area contributed by atoms with Crippen molar-refractivity contribution in [3.05, 3.63) is 35.5 Å². The first-order chi connectivity index (χ1) is 10.1. The van der Waals surface area contributed by atoms with Gasteiger partial charge in [-0.25, -0.2) is 0 Å². The van der Waals surface area contributed by atoms with Crippen molar-refractivity contribution in [2.45, 2.75) is 39.3 Å². The van der Waals surface area contributed by atoms with E-state index in [0.29, 0.717) is 6.04 Å². The quantitative estimate of drug-likeness (QED) is 0.911. The van der Waals surface area contributed by atoms with Crippen molar-refractivity contribution < 1.29 is 9.90 Å². The van der Waals surface area contributed by atoms with Crippen LogP contribution in [0.2, 0.25) is 0 Å². The average Bonchev–Trinajstić information content (AvgIpc) is 2.77. The van der Waals surface area contributed by atoms with Gasteiger partial charge in [-0.05, 0) is 44.9 Å². The fraction of sp³-hybridized carbons (Fsp3) is 0.471. The molecule has 4 heteroatoms. The Labute approximate surface area is 124 Å². The third kappa shape index (κ3) is 2.68. The first kappa shape index (κ1) is 14.1. The molecule has 0 bridgehead atoms. The number of carboxylic acids is 1. The number of piperidine rings is 1. The maximum absolute atomic E-state index is 11.1. The van der Waals surface area contributed by atoms with E-state index in [1.807, 2.05) is 6.07 Å². The van der Waals surface area contributed by atoms with Crippen LogP contribution in [0.1, 0.15) is 31.0 Å². The highest BCUT2D eigenvalue weighted by atomic mass is 16.4. The number of nitrogens with one attached hydrogen (secondary N) is 1. The lowest BCUT2D eigenvalue weighted by molar-refractivity contribution is -0.144. The maximum atomic E-state index is 11.1. The number of nitrogens with zero attached hydrogens (tertiary/aromatic N) is 1. The van der Waals surface area contributed by atoms with Crippen LogP contribution in [-0.4, -0.2) is 33.5 Å². The zero-order valence-electron chi connectivity index (χ0n) is 12.6. The lowest BCUT2D eigenvalue weighted by atomic mass is 9.91. The molecule has 0 amide bonds. The zero-order valence-corrected chi connectivity index (χ0v) is 12.6. The molecule has 1 aliphatic heterocycles. The molecule has 1 aromatic heterocycles. The number of fused-ring (bicyclic) bond motifs is 1. The standard InChI is InChI=1S/C17H22N2O2/c1-11-9-13(17(20)21)7-8-19(11)10-15-12(2)18-16-6-4-3-5-14(15)16/h3-6,11,13,18H,7-10H2,1-2H3,(H,20,21). The topological polar surface area (TPSA) is 56.3 Å². The summed E-state index contributed by atoms with van der Waals surface area (Å²) in [5.74, 6) is -0.829. The number of rotatable bonds is 3. The first-order valence-corrected chi connectivity index (χ1v) is 7.59. The Morgan fingerprint density at radius 3 is 2.90 bits per heavy atom. The Morgan fingerprint density at radius 1 is 1.43 bits per heavy atom. The molecule has 3 rings (SSSR count). The van der Waals surface area contributed by atoms with Crippen LogP contribution in [0, 0.1) is 12.8 Å². The summed E-state index contributed by atoms with van der Waals surface area (Å²) in [5.41, 5.74) is 3.73. The number of carboxylic acid groups (broad SMARTS) is 1. The number of aromatic amines is 1. The number of hydrogen-bond acceptors (Lipinski definition) is 2. The number of hydrogen-bond donors (Lipinski definition) is 2. The Hall–Kier alpha value is -1.81. The van der Waals surface area contributed by atoms with Crippen LogP contribution in [-0.2, 0) is 11.3 Å². The summed E-state index contributed by atoms with van der Waals surface area (Å²) < 4.78 is 0. The molecule has 2 atom stereocenters. The van der Waals surface area contributed by atoms with E-state index in [1.54, 1.807) is 0 Å². The van der Waals surface area contributed by atoms with Gasteiger partial charge in [0.1, 0.15) is 0 Å². The molecule has 0 radical (unpaired) electrons. The molecule has 21 heavy (non-hydrogen) atoms. The molecule has 2 aromatic rings. The third-order valence-corrected chi connectivity index (χ3v) is 4.75. The van der Waals surface area contributed by atoms with Crippen LogP contribution in [0.5, 0.6) is 0 Å². The van der Waals surface area contributed by atoms with E-state index in [9.17, 15) is 4.79 Å². The number of likely N-dealkylation sites (tertiary alicyclic amines) is 1. The summed E-state index contributed by atoms with van der Waals surface area (Å²) in [5, 5.41) is 10.4. The third-order valence-electron chi connectivity index (χ3n) is 4.75. The molecular weight excluding hydrogens is 264 g/mol. The van der Waals surface area contributed by atoms with Crippen LogP contribution >= 0.6 is 0 Å². The molecule has 1 fully saturated rings. The van der Waals surface area contributed by atoms with Gasteiger partial charge in [0.2, 0.25) is 0 Å². The molecule has 1 saturated heterocycles. The smallest absolute Gasteiger partial charge is 0.306 e. The fourth-order valence-corrected chi connectivity index (χ4v) is 3.42. The minimum absolute atomic E-state index is 0.180. The van der Waals surface area contributed by atoms with Crippen LogP contribution in [0.3, 0.4) is 0 Å². The molecule has 2 unspecified atom stereocenters. The first-order valence-electron chi connectivity index (χ1n) is 7.59. The predicted molar refractivity (Wildman–Crippen MR) is 83.3 cm³/mol. The molecule has 1 aromatic carbocycles. The van der Waals surface area contributed by atoms with Gasteiger partial charge in [-0.2, -0.15) is 0 Å². The number of aliphatic carboxylic acids is 1. The number of aryl methyl sites for hydroxylation is 1. The number of aromatic nitrogens is 1. The lowest BCUT2D eigenvalue weighted by Gasteiger charge is -2.36. The molecule has 0 saturated carbocycles. The minimum atomic E-state index is -0.648. The van der Waals surface area contributed by atoms with Crippen LogP contribution in [0.15, 0.2) is 24.3 Å². The summed E-state index contributed by atoms with van der Waals surface area (Å²) in [4.78, 5) is 17.0. The van der Waals surface area contributed by atoms with Crippen molar-refractivity contribution in [3.8, 4) is 0 Å². The van der Waals surface area contributed by atoms with Crippen molar-refractivity contribution in [2.24, 2.45) is 5.92 Å². The number of benzene rings is 1. The lowest BCUT2D eigenvalue weighted by Crippen LogP contribution is -2.42. The highest BCUT2D eigenvalue weighted by Crippen LogP contribution is 2.28. The van der Waals surface area contributed by atoms with Gasteiger partial charge in [0, 0.05) is 29.2 Å². The highest BCUT2D eigenvalue weighted by Gasteiger charge is 2.30. The average molecular weight is 286 g/mol. The molecular formula is C17H22N2O2. The number of para-hydroxylation sites is 1. The normalized spacial score (nSPS) is 23.5. The maximum Gasteiger partial charge on any atom is 0.306 e. The molecule has 0 spiro atoms. The van der Waals surface area contributed by atoms with Crippen molar-refractivity contribution >= 4 is 16.9 Å². The van der Waals surface area contributed by atoms with Gasteiger partial charge >= 0.3 is 5.97 Å². The Morgan fingerprint density at radius 2 is 2.19 bits per heavy atom. The van der Waals surface area contributed by atoms with Crippen LogP contribution < -0.4 is 0 Å². The zero-order chi connectivity index (χ0) is 15.0. The Balaban J connectivity index is 1.80. The Kier molecular flexibility index (Phi) is 3.72. The van der Waals surface area contributed by atoms with Crippen LogP contribution in [0.4, 0.5) is 0 Å². The van der Waals surface area contributed by atoms with Gasteiger partial charge in [-0.1, -0.05) is 18.2 Å². The van der Waals surface area contributed by atoms with E-state index in [-0.39, 0.29) is 5.92 Å². The molecule has 0 aliphatic carbocycles. The van der Waals surface area contributed by atoms with Gasteiger partial charge < -0.3 is 10.1 Å². The van der Waals surface area contributed by atoms with E-state index in [0.717, 1.165) is 25.9 Å². The van der Waals surface area contributed by atoms with E-state index in [1.165, 1.54) is 22.2 Å². The van der Waals surface area contributed by atoms with E-state index >= 15 is 0 Å². The van der Waals surface area contributed by atoms with Gasteiger partial charge in [0.05, 0.1) is 5.92 Å². The van der Waals surface area contributed by atoms with Crippen molar-refractivity contribution in [1.29, 1.82) is 0 Å². The second-order valence-corrected chi connectivity index (χ2v) is 6.15. The van der Waals surface area contributed by atoms with E-state index < -0.39 is 5.97 Å². The second-order valence-electron chi connectivity index (χ2n) is 6.15. The van der Waals surface area contributed by atoms with E-state index in [4.69, 9.17) is 5.11 Å². The summed E-state index contributed by atoms with van der Waals surface area (Å²) in [6.07, 6.45) is 1.50.